The van der Waals surface area contributed by atoms with Gasteiger partial charge in [0.1, 0.15) is 5.69 Å². The number of nitrogen functional groups attached to an aromatic ring is 2. The molecule has 6 heteroatoms. The maximum Gasteiger partial charge on any atom is 0.282 e. The van der Waals surface area contributed by atoms with Crippen molar-refractivity contribution in [2.45, 2.75) is 12.8 Å². The Kier molecular flexibility index (Phi) is 2.82. The van der Waals surface area contributed by atoms with Crippen molar-refractivity contribution >= 4 is 11.4 Å². The molecule has 1 heterocycles. The third-order valence-electron chi connectivity index (χ3n) is 1.75. The second kappa shape index (κ2) is 3.87. The molecule has 0 aliphatic carbocycles. The van der Waals surface area contributed by atoms with Crippen LogP contribution in [0.4, 0.5) is 20.2 Å². The van der Waals surface area contributed by atoms with E-state index in [4.69, 9.17) is 16.7 Å². The number of anilines is 2. The standard InChI is InChI=1S/C8H8F2N4/c9-8(10)7-6(13)5(12)4(1-2-11)3-14-7/h3,8H,1,13H2,(H2,12,14). The highest BCUT2D eigenvalue weighted by Crippen LogP contribution is 2.29. The molecule has 1 aromatic rings. The maximum atomic E-state index is 12.3. The monoisotopic (exact) mass is 198 g/mol. The molecule has 0 unspecified atom stereocenters. The molecular weight excluding hydrogens is 190 g/mol. The van der Waals surface area contributed by atoms with E-state index in [0.29, 0.717) is 5.56 Å². The van der Waals surface area contributed by atoms with Crippen molar-refractivity contribution in [2.75, 3.05) is 11.5 Å². The Morgan fingerprint density at radius 2 is 2.07 bits per heavy atom. The van der Waals surface area contributed by atoms with Gasteiger partial charge in [-0.1, -0.05) is 0 Å². The third-order valence-corrected chi connectivity index (χ3v) is 1.75. The SMILES string of the molecule is N#CCc1cnc(C(F)F)c(N)c1N. The Labute approximate surface area is 79.1 Å². The average Bonchev–Trinajstić information content (AvgIpc) is 2.13. The van der Waals surface area contributed by atoms with Gasteiger partial charge in [-0.05, 0) is 0 Å². The molecule has 0 spiro atoms. The fourth-order valence-electron chi connectivity index (χ4n) is 0.997. The first-order chi connectivity index (χ1) is 6.57. The van der Waals surface area contributed by atoms with Crippen molar-refractivity contribution in [1.29, 1.82) is 5.26 Å². The van der Waals surface area contributed by atoms with Crippen LogP contribution >= 0.6 is 0 Å². The van der Waals surface area contributed by atoms with Crippen LogP contribution < -0.4 is 11.5 Å². The number of aromatic nitrogens is 1. The zero-order valence-corrected chi connectivity index (χ0v) is 7.17. The largest absolute Gasteiger partial charge is 0.397 e. The van der Waals surface area contributed by atoms with E-state index in [2.05, 4.69) is 4.98 Å². The molecule has 0 radical (unpaired) electrons. The second-order valence-corrected chi connectivity index (χ2v) is 2.63. The predicted molar refractivity (Wildman–Crippen MR) is 47.3 cm³/mol. The number of nitriles is 1. The first kappa shape index (κ1) is 10.2. The van der Waals surface area contributed by atoms with Gasteiger partial charge in [0, 0.05) is 11.8 Å². The molecule has 0 atom stereocenters. The first-order valence-corrected chi connectivity index (χ1v) is 3.75. The van der Waals surface area contributed by atoms with E-state index < -0.39 is 12.1 Å². The lowest BCUT2D eigenvalue weighted by Gasteiger charge is -2.08. The van der Waals surface area contributed by atoms with Crippen LogP contribution in [0.1, 0.15) is 17.7 Å². The number of hydrogen-bond acceptors (Lipinski definition) is 4. The summed E-state index contributed by atoms with van der Waals surface area (Å²) in [7, 11) is 0. The molecule has 4 N–H and O–H groups in total. The predicted octanol–water partition coefficient (Wildman–Crippen LogP) is 1.25. The fourth-order valence-corrected chi connectivity index (χ4v) is 0.997. The summed E-state index contributed by atoms with van der Waals surface area (Å²) in [4.78, 5) is 3.45. The highest BCUT2D eigenvalue weighted by atomic mass is 19.3. The Hall–Kier alpha value is -1.90. The molecule has 0 aliphatic rings. The summed E-state index contributed by atoms with van der Waals surface area (Å²) < 4.78 is 24.5. The number of pyridine rings is 1. The minimum Gasteiger partial charge on any atom is -0.397 e. The lowest BCUT2D eigenvalue weighted by Crippen LogP contribution is -2.06. The number of hydrogen-bond donors (Lipinski definition) is 2. The number of rotatable bonds is 2. The summed E-state index contributed by atoms with van der Waals surface area (Å²) in [6.07, 6.45) is -1.60. The van der Waals surface area contributed by atoms with Crippen LogP contribution in [0.2, 0.25) is 0 Å². The number of nitrogens with two attached hydrogens (primary N) is 2. The van der Waals surface area contributed by atoms with E-state index in [0.717, 1.165) is 6.20 Å². The van der Waals surface area contributed by atoms with Gasteiger partial charge in [0.25, 0.3) is 6.43 Å². The summed E-state index contributed by atoms with van der Waals surface area (Å²) in [5.74, 6) is 0. The topological polar surface area (TPSA) is 88.7 Å². The van der Waals surface area contributed by atoms with E-state index in [1.54, 1.807) is 0 Å². The van der Waals surface area contributed by atoms with E-state index in [1.807, 2.05) is 6.07 Å². The van der Waals surface area contributed by atoms with Crippen molar-refractivity contribution in [2.24, 2.45) is 0 Å². The second-order valence-electron chi connectivity index (χ2n) is 2.63. The minimum absolute atomic E-state index is 0.00650. The van der Waals surface area contributed by atoms with Gasteiger partial charge in [0.2, 0.25) is 0 Å². The van der Waals surface area contributed by atoms with Gasteiger partial charge in [-0.3, -0.25) is 4.98 Å². The van der Waals surface area contributed by atoms with Crippen LogP contribution in [-0.4, -0.2) is 4.98 Å². The normalized spacial score (nSPS) is 10.1. The minimum atomic E-state index is -2.76. The van der Waals surface area contributed by atoms with Crippen LogP contribution in [0.5, 0.6) is 0 Å². The summed E-state index contributed by atoms with van der Waals surface area (Å²) in [6, 6.07) is 1.84. The van der Waals surface area contributed by atoms with Gasteiger partial charge in [0.05, 0.1) is 23.9 Å². The quantitative estimate of drug-likeness (QED) is 0.748. The Bertz CT molecular complexity index is 384. The van der Waals surface area contributed by atoms with Crippen LogP contribution in [0.25, 0.3) is 0 Å². The Morgan fingerprint density at radius 3 is 2.57 bits per heavy atom. The van der Waals surface area contributed by atoms with Crippen LogP contribution in [0.15, 0.2) is 6.20 Å². The molecule has 0 amide bonds. The van der Waals surface area contributed by atoms with Gasteiger partial charge in [-0.15, -0.1) is 0 Å². The molecule has 0 aromatic carbocycles. The lowest BCUT2D eigenvalue weighted by molar-refractivity contribution is 0.147. The summed E-state index contributed by atoms with van der Waals surface area (Å²) in [5, 5.41) is 8.39. The van der Waals surface area contributed by atoms with Crippen LogP contribution in [-0.2, 0) is 6.42 Å². The van der Waals surface area contributed by atoms with Crippen molar-refractivity contribution in [3.63, 3.8) is 0 Å². The molecule has 0 fully saturated rings. The van der Waals surface area contributed by atoms with Gasteiger partial charge >= 0.3 is 0 Å². The molecular formula is C8H8F2N4. The van der Waals surface area contributed by atoms with Crippen molar-refractivity contribution in [1.82, 2.24) is 4.98 Å². The number of alkyl halides is 2. The van der Waals surface area contributed by atoms with Crippen LogP contribution in [0, 0.1) is 11.3 Å². The van der Waals surface area contributed by atoms with E-state index in [-0.39, 0.29) is 17.8 Å². The zero-order chi connectivity index (χ0) is 10.7. The highest BCUT2D eigenvalue weighted by molar-refractivity contribution is 5.69. The Morgan fingerprint density at radius 1 is 1.43 bits per heavy atom. The summed E-state index contributed by atoms with van der Waals surface area (Å²) in [6.45, 7) is 0. The van der Waals surface area contributed by atoms with E-state index in [1.165, 1.54) is 0 Å². The highest BCUT2D eigenvalue weighted by Gasteiger charge is 2.16. The van der Waals surface area contributed by atoms with Crippen LogP contribution in [0.3, 0.4) is 0 Å². The van der Waals surface area contributed by atoms with Gasteiger partial charge in [0.15, 0.2) is 0 Å². The molecule has 14 heavy (non-hydrogen) atoms. The lowest BCUT2D eigenvalue weighted by atomic mass is 10.1. The average molecular weight is 198 g/mol. The molecule has 4 nitrogen and oxygen atoms in total. The van der Waals surface area contributed by atoms with E-state index in [9.17, 15) is 8.78 Å². The van der Waals surface area contributed by atoms with Gasteiger partial charge in [-0.2, -0.15) is 5.26 Å². The van der Waals surface area contributed by atoms with Crippen molar-refractivity contribution in [3.05, 3.63) is 17.5 Å². The molecule has 0 saturated heterocycles. The molecule has 0 aliphatic heterocycles. The van der Waals surface area contributed by atoms with Gasteiger partial charge < -0.3 is 11.5 Å². The van der Waals surface area contributed by atoms with Crippen molar-refractivity contribution in [3.8, 4) is 6.07 Å². The smallest absolute Gasteiger partial charge is 0.282 e. The molecule has 1 aromatic heterocycles. The number of halogens is 2. The molecule has 0 bridgehead atoms. The fraction of sp³-hybridized carbons (Fsp3) is 0.250. The third kappa shape index (κ3) is 1.71. The van der Waals surface area contributed by atoms with Crippen molar-refractivity contribution < 1.29 is 8.78 Å². The summed E-state index contributed by atoms with van der Waals surface area (Å²) >= 11 is 0. The summed E-state index contributed by atoms with van der Waals surface area (Å²) in [5.41, 5.74) is 10.4. The molecule has 1 rings (SSSR count). The Balaban J connectivity index is 3.20. The van der Waals surface area contributed by atoms with E-state index >= 15 is 0 Å². The maximum absolute atomic E-state index is 12.3. The van der Waals surface area contributed by atoms with Gasteiger partial charge in [-0.25, -0.2) is 8.78 Å². The molecule has 74 valence electrons. The zero-order valence-electron chi connectivity index (χ0n) is 7.17. The number of nitrogens with zero attached hydrogens (tertiary/aromatic N) is 2. The molecule has 0 saturated carbocycles. The first-order valence-electron chi connectivity index (χ1n) is 3.75.